The van der Waals surface area contributed by atoms with E-state index in [2.05, 4.69) is 0 Å². The van der Waals surface area contributed by atoms with Crippen molar-refractivity contribution in [3.8, 4) is 0 Å². The molecule has 0 spiro atoms. The summed E-state index contributed by atoms with van der Waals surface area (Å²) in [5.74, 6) is -0.149. The van der Waals surface area contributed by atoms with E-state index in [9.17, 15) is 4.79 Å². The Hall–Kier alpha value is -0.320. The molecule has 0 rings (SSSR count). The zero-order valence-corrected chi connectivity index (χ0v) is 6.73. The number of amides is 1. The second-order valence-corrected chi connectivity index (χ2v) is 1.74. The monoisotopic (exact) mass is 168 g/mol. The van der Waals surface area contributed by atoms with E-state index in [1.54, 1.807) is 7.05 Å². The number of rotatable bonds is 3. The van der Waals surface area contributed by atoms with Crippen LogP contribution in [0.4, 0.5) is 0 Å². The first kappa shape index (κ1) is 12.4. The summed E-state index contributed by atoms with van der Waals surface area (Å²) in [5, 5.41) is 8.35. The SMILES string of the molecule is CN(CCO)C(=O)CN.Cl. The maximum atomic E-state index is 10.6. The number of hydrogen-bond donors (Lipinski definition) is 2. The second kappa shape index (κ2) is 6.80. The van der Waals surface area contributed by atoms with Gasteiger partial charge >= 0.3 is 0 Å². The molecular weight excluding hydrogens is 156 g/mol. The van der Waals surface area contributed by atoms with Gasteiger partial charge in [0.1, 0.15) is 0 Å². The molecule has 10 heavy (non-hydrogen) atoms. The zero-order valence-electron chi connectivity index (χ0n) is 5.91. The maximum absolute atomic E-state index is 10.6. The van der Waals surface area contributed by atoms with Gasteiger partial charge in [-0.2, -0.15) is 0 Å². The third kappa shape index (κ3) is 4.55. The molecule has 3 N–H and O–H groups in total. The van der Waals surface area contributed by atoms with Crippen molar-refractivity contribution in [3.05, 3.63) is 0 Å². The standard InChI is InChI=1S/C5H12N2O2.ClH/c1-7(2-3-8)5(9)4-6;/h8H,2-4,6H2,1H3;1H. The third-order valence-electron chi connectivity index (χ3n) is 1.04. The molecule has 0 unspecified atom stereocenters. The molecule has 62 valence electrons. The van der Waals surface area contributed by atoms with E-state index in [4.69, 9.17) is 10.8 Å². The van der Waals surface area contributed by atoms with E-state index >= 15 is 0 Å². The highest BCUT2D eigenvalue weighted by molar-refractivity contribution is 5.85. The minimum atomic E-state index is -0.149. The summed E-state index contributed by atoms with van der Waals surface area (Å²) in [7, 11) is 1.60. The van der Waals surface area contributed by atoms with Crippen LogP contribution in [0.2, 0.25) is 0 Å². The van der Waals surface area contributed by atoms with Crippen molar-refractivity contribution in [2.45, 2.75) is 0 Å². The average Bonchev–Trinajstić information content (AvgIpc) is 1.87. The van der Waals surface area contributed by atoms with Crippen LogP contribution in [0.25, 0.3) is 0 Å². The fourth-order valence-electron chi connectivity index (χ4n) is 0.431. The minimum Gasteiger partial charge on any atom is -0.395 e. The zero-order chi connectivity index (χ0) is 7.28. The van der Waals surface area contributed by atoms with Gasteiger partial charge in [-0.3, -0.25) is 4.79 Å². The predicted octanol–water partition coefficient (Wildman–Crippen LogP) is -1.18. The predicted molar refractivity (Wildman–Crippen MR) is 41.0 cm³/mol. The first-order chi connectivity index (χ1) is 4.22. The number of halogens is 1. The lowest BCUT2D eigenvalue weighted by molar-refractivity contribution is -0.128. The largest absolute Gasteiger partial charge is 0.395 e. The number of carbonyl (C=O) groups is 1. The Balaban J connectivity index is 0. The summed E-state index contributed by atoms with van der Waals surface area (Å²) < 4.78 is 0. The van der Waals surface area contributed by atoms with Crippen LogP contribution in [0, 0.1) is 0 Å². The van der Waals surface area contributed by atoms with Crippen LogP contribution < -0.4 is 5.73 Å². The van der Waals surface area contributed by atoms with Crippen LogP contribution in [0.3, 0.4) is 0 Å². The molecule has 4 nitrogen and oxygen atoms in total. The van der Waals surface area contributed by atoms with Gasteiger partial charge in [0, 0.05) is 13.6 Å². The van der Waals surface area contributed by atoms with Gasteiger partial charge in [-0.05, 0) is 0 Å². The van der Waals surface area contributed by atoms with Gasteiger partial charge in [-0.1, -0.05) is 0 Å². The number of aliphatic hydroxyl groups excluding tert-OH is 1. The Morgan fingerprint density at radius 1 is 1.70 bits per heavy atom. The van der Waals surface area contributed by atoms with E-state index < -0.39 is 0 Å². The van der Waals surface area contributed by atoms with Crippen molar-refractivity contribution in [2.75, 3.05) is 26.7 Å². The van der Waals surface area contributed by atoms with Crippen LogP contribution >= 0.6 is 12.4 Å². The molecule has 0 aliphatic carbocycles. The molecule has 0 aromatic carbocycles. The highest BCUT2D eigenvalue weighted by atomic mass is 35.5. The van der Waals surface area contributed by atoms with Crippen LogP contribution in [0.15, 0.2) is 0 Å². The van der Waals surface area contributed by atoms with Gasteiger partial charge in [-0.15, -0.1) is 12.4 Å². The molecule has 0 atom stereocenters. The van der Waals surface area contributed by atoms with Gasteiger partial charge < -0.3 is 15.7 Å². The van der Waals surface area contributed by atoms with Crippen LogP contribution in [-0.4, -0.2) is 42.7 Å². The summed E-state index contributed by atoms with van der Waals surface area (Å²) in [6, 6.07) is 0. The highest BCUT2D eigenvalue weighted by Gasteiger charge is 2.02. The third-order valence-corrected chi connectivity index (χ3v) is 1.04. The summed E-state index contributed by atoms with van der Waals surface area (Å²) in [6.45, 7) is 0.356. The van der Waals surface area contributed by atoms with E-state index in [0.717, 1.165) is 0 Å². The molecule has 5 heteroatoms. The molecule has 0 aliphatic rings. The molecule has 0 fully saturated rings. The molecule has 0 bridgehead atoms. The van der Waals surface area contributed by atoms with Crippen LogP contribution in [0.5, 0.6) is 0 Å². The maximum Gasteiger partial charge on any atom is 0.236 e. The second-order valence-electron chi connectivity index (χ2n) is 1.74. The molecule has 0 saturated heterocycles. The lowest BCUT2D eigenvalue weighted by Gasteiger charge is -2.13. The molecule has 1 amide bonds. The first-order valence-corrected chi connectivity index (χ1v) is 2.77. The quantitative estimate of drug-likeness (QED) is 0.558. The minimum absolute atomic E-state index is 0. The lowest BCUT2D eigenvalue weighted by atomic mass is 10.5. The van der Waals surface area contributed by atoms with Gasteiger partial charge in [-0.25, -0.2) is 0 Å². The number of nitrogens with zero attached hydrogens (tertiary/aromatic N) is 1. The van der Waals surface area contributed by atoms with Gasteiger partial charge in [0.2, 0.25) is 5.91 Å². The number of carbonyl (C=O) groups excluding carboxylic acids is 1. The van der Waals surface area contributed by atoms with Crippen molar-refractivity contribution < 1.29 is 9.90 Å². The number of nitrogens with two attached hydrogens (primary N) is 1. The van der Waals surface area contributed by atoms with Gasteiger partial charge in [0.05, 0.1) is 13.2 Å². The van der Waals surface area contributed by atoms with Crippen molar-refractivity contribution in [1.29, 1.82) is 0 Å². The first-order valence-electron chi connectivity index (χ1n) is 2.77. The highest BCUT2D eigenvalue weighted by Crippen LogP contribution is 1.79. The molecular formula is C5H13ClN2O2. The summed E-state index contributed by atoms with van der Waals surface area (Å²) in [6.07, 6.45) is 0. The summed E-state index contributed by atoms with van der Waals surface area (Å²) >= 11 is 0. The van der Waals surface area contributed by atoms with E-state index in [-0.39, 0.29) is 31.5 Å². The smallest absolute Gasteiger partial charge is 0.236 e. The van der Waals surface area contributed by atoms with E-state index in [1.165, 1.54) is 4.90 Å². The average molecular weight is 169 g/mol. The fraction of sp³-hybridized carbons (Fsp3) is 0.800. The molecule has 0 aromatic rings. The Morgan fingerprint density at radius 3 is 2.50 bits per heavy atom. The molecule has 0 aliphatic heterocycles. The lowest BCUT2D eigenvalue weighted by Crippen LogP contribution is -2.34. The van der Waals surface area contributed by atoms with Crippen molar-refractivity contribution in [3.63, 3.8) is 0 Å². The molecule has 0 radical (unpaired) electrons. The molecule has 0 saturated carbocycles. The fourth-order valence-corrected chi connectivity index (χ4v) is 0.431. The van der Waals surface area contributed by atoms with Crippen LogP contribution in [-0.2, 0) is 4.79 Å². The van der Waals surface area contributed by atoms with Crippen molar-refractivity contribution in [1.82, 2.24) is 4.90 Å². The summed E-state index contributed by atoms with van der Waals surface area (Å²) in [5.41, 5.74) is 5.03. The van der Waals surface area contributed by atoms with E-state index in [1.807, 2.05) is 0 Å². The number of aliphatic hydroxyl groups is 1. The molecule has 0 aromatic heterocycles. The topological polar surface area (TPSA) is 66.6 Å². The number of hydrogen-bond acceptors (Lipinski definition) is 3. The van der Waals surface area contributed by atoms with Gasteiger partial charge in [0.25, 0.3) is 0 Å². The summed E-state index contributed by atoms with van der Waals surface area (Å²) in [4.78, 5) is 12.0. The van der Waals surface area contributed by atoms with Crippen molar-refractivity contribution in [2.24, 2.45) is 5.73 Å². The Labute approximate surface area is 66.4 Å². The Bertz CT molecular complexity index is 99.6. The van der Waals surface area contributed by atoms with Crippen LogP contribution in [0.1, 0.15) is 0 Å². The van der Waals surface area contributed by atoms with Crippen molar-refractivity contribution >= 4 is 18.3 Å². The normalized spacial score (nSPS) is 8.30. The van der Waals surface area contributed by atoms with Gasteiger partial charge in [0.15, 0.2) is 0 Å². The molecule has 0 heterocycles. The van der Waals surface area contributed by atoms with E-state index in [0.29, 0.717) is 6.54 Å². The Morgan fingerprint density at radius 2 is 2.20 bits per heavy atom. The Kier molecular flexibility index (Phi) is 8.40. The number of likely N-dealkylation sites (N-methyl/N-ethyl adjacent to an activating group) is 1.